The van der Waals surface area contributed by atoms with Gasteiger partial charge in [-0.25, -0.2) is 0 Å². The van der Waals surface area contributed by atoms with Crippen LogP contribution in [-0.4, -0.2) is 17.3 Å². The first-order chi connectivity index (χ1) is 9.31. The maximum absolute atomic E-state index is 12.0. The molecule has 0 N–H and O–H groups in total. The van der Waals surface area contributed by atoms with Crippen LogP contribution in [-0.2, 0) is 4.79 Å². The van der Waals surface area contributed by atoms with Crippen LogP contribution in [0.1, 0.15) is 50.5 Å². The second-order valence-corrected chi connectivity index (χ2v) is 6.78. The highest BCUT2D eigenvalue weighted by Crippen LogP contribution is 2.36. The van der Waals surface area contributed by atoms with Gasteiger partial charge < -0.3 is 0 Å². The molecule has 0 heterocycles. The fourth-order valence-corrected chi connectivity index (χ4v) is 3.66. The highest BCUT2D eigenvalue weighted by atomic mass is 32.2. The Morgan fingerprint density at radius 1 is 1.26 bits per heavy atom. The van der Waals surface area contributed by atoms with Crippen LogP contribution in [0.5, 0.6) is 0 Å². The van der Waals surface area contributed by atoms with E-state index in [2.05, 4.69) is 37.3 Å². The van der Waals surface area contributed by atoms with Gasteiger partial charge >= 0.3 is 0 Å². The van der Waals surface area contributed by atoms with Gasteiger partial charge in [-0.15, -0.1) is 0 Å². The van der Waals surface area contributed by atoms with Crippen molar-refractivity contribution in [3.8, 4) is 0 Å². The number of carbonyl (C=O) groups is 1. The van der Waals surface area contributed by atoms with Gasteiger partial charge in [0.2, 0.25) is 0 Å². The standard InChI is InChI=1S/C17H24OS/c1-2-19-12-6-9-16-13-15(10-11-17(16)18)14-7-4-3-5-8-14/h3-5,7-8,15-16H,2,6,9-13H2,1H3. The van der Waals surface area contributed by atoms with E-state index in [-0.39, 0.29) is 0 Å². The molecule has 1 fully saturated rings. The van der Waals surface area contributed by atoms with Gasteiger partial charge in [-0.3, -0.25) is 4.79 Å². The van der Waals surface area contributed by atoms with E-state index >= 15 is 0 Å². The molecule has 0 aromatic heterocycles. The number of benzene rings is 1. The lowest BCUT2D eigenvalue weighted by molar-refractivity contribution is -0.125. The third kappa shape index (κ3) is 4.38. The molecule has 0 amide bonds. The van der Waals surface area contributed by atoms with Crippen molar-refractivity contribution in [3.05, 3.63) is 35.9 Å². The summed E-state index contributed by atoms with van der Waals surface area (Å²) < 4.78 is 0. The predicted molar refractivity (Wildman–Crippen MR) is 83.8 cm³/mol. The molecule has 1 saturated carbocycles. The molecular weight excluding hydrogens is 252 g/mol. The lowest BCUT2D eigenvalue weighted by Crippen LogP contribution is -2.24. The second-order valence-electron chi connectivity index (χ2n) is 5.38. The summed E-state index contributed by atoms with van der Waals surface area (Å²) in [6.45, 7) is 2.20. The van der Waals surface area contributed by atoms with Gasteiger partial charge in [0.1, 0.15) is 5.78 Å². The average molecular weight is 276 g/mol. The zero-order valence-corrected chi connectivity index (χ0v) is 12.6. The fraction of sp³-hybridized carbons (Fsp3) is 0.588. The summed E-state index contributed by atoms with van der Waals surface area (Å²) in [7, 11) is 0. The van der Waals surface area contributed by atoms with Crippen LogP contribution in [0.4, 0.5) is 0 Å². The molecule has 2 heteroatoms. The fourth-order valence-electron chi connectivity index (χ4n) is 3.00. The number of hydrogen-bond acceptors (Lipinski definition) is 2. The molecule has 0 saturated heterocycles. The minimum atomic E-state index is 0.316. The molecule has 1 aromatic rings. The largest absolute Gasteiger partial charge is 0.299 e. The summed E-state index contributed by atoms with van der Waals surface area (Å²) >= 11 is 1.98. The van der Waals surface area contributed by atoms with Crippen LogP contribution in [0.3, 0.4) is 0 Å². The van der Waals surface area contributed by atoms with Crippen molar-refractivity contribution in [2.45, 2.75) is 44.9 Å². The highest BCUT2D eigenvalue weighted by molar-refractivity contribution is 7.99. The van der Waals surface area contributed by atoms with Gasteiger partial charge in [0, 0.05) is 12.3 Å². The molecule has 19 heavy (non-hydrogen) atoms. The van der Waals surface area contributed by atoms with E-state index in [4.69, 9.17) is 0 Å². The molecule has 2 rings (SSSR count). The molecular formula is C17H24OS. The molecule has 1 aromatic carbocycles. The number of rotatable bonds is 6. The van der Waals surface area contributed by atoms with E-state index in [0.29, 0.717) is 17.6 Å². The van der Waals surface area contributed by atoms with Crippen molar-refractivity contribution in [3.63, 3.8) is 0 Å². The molecule has 0 radical (unpaired) electrons. The predicted octanol–water partition coefficient (Wildman–Crippen LogP) is 4.67. The van der Waals surface area contributed by atoms with E-state index in [1.807, 2.05) is 11.8 Å². The monoisotopic (exact) mass is 276 g/mol. The maximum atomic E-state index is 12.0. The first-order valence-electron chi connectivity index (χ1n) is 7.46. The Bertz CT molecular complexity index is 388. The third-order valence-corrected chi connectivity index (χ3v) is 5.07. The molecule has 1 nitrogen and oxygen atoms in total. The molecule has 2 atom stereocenters. The molecule has 2 unspecified atom stereocenters. The Balaban J connectivity index is 1.87. The van der Waals surface area contributed by atoms with E-state index in [1.165, 1.54) is 23.5 Å². The first kappa shape index (κ1) is 14.6. The topological polar surface area (TPSA) is 17.1 Å². The van der Waals surface area contributed by atoms with Gasteiger partial charge in [0.25, 0.3) is 0 Å². The zero-order chi connectivity index (χ0) is 13.5. The van der Waals surface area contributed by atoms with E-state index in [0.717, 1.165) is 25.7 Å². The summed E-state index contributed by atoms with van der Waals surface area (Å²) in [6.07, 6.45) is 5.18. The summed E-state index contributed by atoms with van der Waals surface area (Å²) in [4.78, 5) is 12.0. The number of hydrogen-bond donors (Lipinski definition) is 0. The molecule has 0 spiro atoms. The second kappa shape index (κ2) is 7.74. The first-order valence-corrected chi connectivity index (χ1v) is 8.62. The number of carbonyl (C=O) groups excluding carboxylic acids is 1. The van der Waals surface area contributed by atoms with E-state index < -0.39 is 0 Å². The van der Waals surface area contributed by atoms with Crippen LogP contribution >= 0.6 is 11.8 Å². The molecule has 1 aliphatic rings. The van der Waals surface area contributed by atoms with Gasteiger partial charge in [-0.05, 0) is 48.7 Å². The molecule has 0 bridgehead atoms. The molecule has 104 valence electrons. The number of Topliss-reactive ketones (excluding diaryl/α,β-unsaturated/α-hetero) is 1. The van der Waals surface area contributed by atoms with Crippen molar-refractivity contribution in [2.24, 2.45) is 5.92 Å². The highest BCUT2D eigenvalue weighted by Gasteiger charge is 2.28. The Kier molecular flexibility index (Phi) is 5.96. The van der Waals surface area contributed by atoms with Gasteiger partial charge in [0.15, 0.2) is 0 Å². The smallest absolute Gasteiger partial charge is 0.136 e. The zero-order valence-electron chi connectivity index (χ0n) is 11.8. The van der Waals surface area contributed by atoms with Gasteiger partial charge in [-0.2, -0.15) is 11.8 Å². The summed E-state index contributed by atoms with van der Waals surface area (Å²) in [6, 6.07) is 10.7. The number of ketones is 1. The van der Waals surface area contributed by atoms with E-state index in [9.17, 15) is 4.79 Å². The third-order valence-electron chi connectivity index (χ3n) is 4.08. The van der Waals surface area contributed by atoms with Crippen LogP contribution in [0.15, 0.2) is 30.3 Å². The van der Waals surface area contributed by atoms with Crippen LogP contribution in [0.25, 0.3) is 0 Å². The Labute approximate surface area is 121 Å². The average Bonchev–Trinajstić information content (AvgIpc) is 2.46. The summed E-state index contributed by atoms with van der Waals surface area (Å²) in [5.41, 5.74) is 1.42. The summed E-state index contributed by atoms with van der Waals surface area (Å²) in [5, 5.41) is 0. The quantitative estimate of drug-likeness (QED) is 0.702. The Hall–Kier alpha value is -0.760. The normalized spacial score (nSPS) is 23.5. The summed E-state index contributed by atoms with van der Waals surface area (Å²) in [5.74, 6) is 3.81. The van der Waals surface area contributed by atoms with E-state index in [1.54, 1.807) is 0 Å². The lowest BCUT2D eigenvalue weighted by Gasteiger charge is -2.28. The van der Waals surface area contributed by atoms with Crippen molar-refractivity contribution < 1.29 is 4.79 Å². The number of thioether (sulfide) groups is 1. The van der Waals surface area contributed by atoms with Gasteiger partial charge in [0.05, 0.1) is 0 Å². The maximum Gasteiger partial charge on any atom is 0.136 e. The lowest BCUT2D eigenvalue weighted by atomic mass is 9.76. The van der Waals surface area contributed by atoms with Crippen molar-refractivity contribution in [1.29, 1.82) is 0 Å². The SMILES string of the molecule is CCSCCCC1CC(c2ccccc2)CCC1=O. The van der Waals surface area contributed by atoms with Crippen molar-refractivity contribution in [1.82, 2.24) is 0 Å². The molecule has 1 aliphatic carbocycles. The minimum absolute atomic E-state index is 0.316. The van der Waals surface area contributed by atoms with Crippen molar-refractivity contribution in [2.75, 3.05) is 11.5 Å². The van der Waals surface area contributed by atoms with Crippen molar-refractivity contribution >= 4 is 17.5 Å². The Morgan fingerprint density at radius 2 is 2.05 bits per heavy atom. The van der Waals surface area contributed by atoms with Crippen LogP contribution in [0, 0.1) is 5.92 Å². The Morgan fingerprint density at radius 3 is 2.79 bits per heavy atom. The van der Waals surface area contributed by atoms with Crippen LogP contribution in [0.2, 0.25) is 0 Å². The van der Waals surface area contributed by atoms with Gasteiger partial charge in [-0.1, -0.05) is 37.3 Å². The van der Waals surface area contributed by atoms with Crippen LogP contribution < -0.4 is 0 Å². The minimum Gasteiger partial charge on any atom is -0.299 e. The molecule has 0 aliphatic heterocycles.